The van der Waals surface area contributed by atoms with Crippen LogP contribution in [0.3, 0.4) is 0 Å². The standard InChI is InChI=1S/C14H13F2NO/c1-9-5-6-10(8-17)13(7-9)18-12-4-2-3-11(15)14(12)16/h2-7H,8,17H2,1H3. The number of halogens is 2. The molecule has 0 unspecified atom stereocenters. The Morgan fingerprint density at radius 1 is 1.11 bits per heavy atom. The highest BCUT2D eigenvalue weighted by Gasteiger charge is 2.11. The fraction of sp³-hybridized carbons (Fsp3) is 0.143. The summed E-state index contributed by atoms with van der Waals surface area (Å²) in [6, 6.07) is 9.25. The van der Waals surface area contributed by atoms with Gasteiger partial charge < -0.3 is 10.5 Å². The fourth-order valence-corrected chi connectivity index (χ4v) is 1.61. The van der Waals surface area contributed by atoms with Crippen LogP contribution in [0.2, 0.25) is 0 Å². The van der Waals surface area contributed by atoms with Gasteiger partial charge in [-0.15, -0.1) is 0 Å². The van der Waals surface area contributed by atoms with Gasteiger partial charge in [-0.2, -0.15) is 4.39 Å². The van der Waals surface area contributed by atoms with E-state index in [0.717, 1.165) is 17.2 Å². The molecule has 2 nitrogen and oxygen atoms in total. The van der Waals surface area contributed by atoms with Crippen molar-refractivity contribution < 1.29 is 13.5 Å². The van der Waals surface area contributed by atoms with E-state index in [4.69, 9.17) is 10.5 Å². The van der Waals surface area contributed by atoms with E-state index in [1.807, 2.05) is 19.1 Å². The Balaban J connectivity index is 2.39. The summed E-state index contributed by atoms with van der Waals surface area (Å²) in [7, 11) is 0. The molecule has 2 rings (SSSR count). The van der Waals surface area contributed by atoms with Gasteiger partial charge in [-0.25, -0.2) is 4.39 Å². The smallest absolute Gasteiger partial charge is 0.201 e. The fourth-order valence-electron chi connectivity index (χ4n) is 1.61. The second kappa shape index (κ2) is 5.14. The summed E-state index contributed by atoms with van der Waals surface area (Å²) in [5.41, 5.74) is 7.27. The summed E-state index contributed by atoms with van der Waals surface area (Å²) in [5, 5.41) is 0. The average molecular weight is 249 g/mol. The number of benzene rings is 2. The van der Waals surface area contributed by atoms with Crippen molar-refractivity contribution in [2.45, 2.75) is 13.5 Å². The second-order valence-electron chi connectivity index (χ2n) is 3.97. The summed E-state index contributed by atoms with van der Waals surface area (Å²) >= 11 is 0. The first-order chi connectivity index (χ1) is 8.61. The number of nitrogens with two attached hydrogens (primary N) is 1. The molecule has 0 atom stereocenters. The molecule has 0 saturated heterocycles. The Kier molecular flexibility index (Phi) is 3.58. The molecule has 0 aliphatic carbocycles. The van der Waals surface area contributed by atoms with Crippen molar-refractivity contribution in [1.29, 1.82) is 0 Å². The highest BCUT2D eigenvalue weighted by Crippen LogP contribution is 2.29. The summed E-state index contributed by atoms with van der Waals surface area (Å²) in [6.45, 7) is 2.15. The highest BCUT2D eigenvalue weighted by atomic mass is 19.2. The van der Waals surface area contributed by atoms with E-state index in [1.165, 1.54) is 12.1 Å². The number of aryl methyl sites for hydroxylation is 1. The third-order valence-corrected chi connectivity index (χ3v) is 2.58. The molecule has 2 aromatic carbocycles. The number of rotatable bonds is 3. The predicted octanol–water partition coefficient (Wildman–Crippen LogP) is 3.52. The van der Waals surface area contributed by atoms with Crippen molar-refractivity contribution in [2.75, 3.05) is 0 Å². The zero-order valence-electron chi connectivity index (χ0n) is 9.91. The first-order valence-corrected chi connectivity index (χ1v) is 5.53. The van der Waals surface area contributed by atoms with Crippen LogP contribution in [0.5, 0.6) is 11.5 Å². The van der Waals surface area contributed by atoms with Gasteiger partial charge in [-0.3, -0.25) is 0 Å². The molecule has 2 aromatic rings. The molecule has 0 aliphatic rings. The third kappa shape index (κ3) is 2.49. The normalized spacial score (nSPS) is 10.4. The Hall–Kier alpha value is -1.94. The van der Waals surface area contributed by atoms with E-state index in [0.29, 0.717) is 5.75 Å². The van der Waals surface area contributed by atoms with Crippen LogP contribution in [0, 0.1) is 18.6 Å². The molecule has 0 aliphatic heterocycles. The Bertz CT molecular complexity index is 570. The van der Waals surface area contributed by atoms with Crippen molar-refractivity contribution in [3.63, 3.8) is 0 Å². The SMILES string of the molecule is Cc1ccc(CN)c(Oc2cccc(F)c2F)c1. The molecule has 18 heavy (non-hydrogen) atoms. The summed E-state index contributed by atoms with van der Waals surface area (Å²) in [4.78, 5) is 0. The van der Waals surface area contributed by atoms with E-state index >= 15 is 0 Å². The van der Waals surface area contributed by atoms with Crippen molar-refractivity contribution in [3.8, 4) is 11.5 Å². The summed E-state index contributed by atoms with van der Waals surface area (Å²) in [5.74, 6) is -1.63. The minimum atomic E-state index is -0.998. The lowest BCUT2D eigenvalue weighted by Gasteiger charge is -2.11. The van der Waals surface area contributed by atoms with Crippen LogP contribution in [-0.2, 0) is 6.54 Å². The lowest BCUT2D eigenvalue weighted by Crippen LogP contribution is -2.01. The molecule has 4 heteroatoms. The van der Waals surface area contributed by atoms with Crippen molar-refractivity contribution in [2.24, 2.45) is 5.73 Å². The highest BCUT2D eigenvalue weighted by molar-refractivity contribution is 5.41. The lowest BCUT2D eigenvalue weighted by atomic mass is 10.1. The molecular weight excluding hydrogens is 236 g/mol. The molecule has 0 saturated carbocycles. The van der Waals surface area contributed by atoms with E-state index < -0.39 is 11.6 Å². The van der Waals surface area contributed by atoms with Gasteiger partial charge in [-0.1, -0.05) is 18.2 Å². The zero-order chi connectivity index (χ0) is 13.1. The maximum absolute atomic E-state index is 13.5. The topological polar surface area (TPSA) is 35.2 Å². The van der Waals surface area contributed by atoms with Crippen LogP contribution in [0.1, 0.15) is 11.1 Å². The third-order valence-electron chi connectivity index (χ3n) is 2.58. The molecule has 94 valence electrons. The van der Waals surface area contributed by atoms with Gasteiger partial charge in [0, 0.05) is 12.1 Å². The van der Waals surface area contributed by atoms with Crippen LogP contribution >= 0.6 is 0 Å². The molecule has 0 spiro atoms. The predicted molar refractivity (Wildman–Crippen MR) is 65.5 cm³/mol. The van der Waals surface area contributed by atoms with Gasteiger partial charge in [0.1, 0.15) is 5.75 Å². The van der Waals surface area contributed by atoms with Crippen LogP contribution in [0.15, 0.2) is 36.4 Å². The molecule has 0 amide bonds. The van der Waals surface area contributed by atoms with Crippen molar-refractivity contribution in [1.82, 2.24) is 0 Å². The Labute approximate surface area is 104 Å². The van der Waals surface area contributed by atoms with E-state index in [9.17, 15) is 8.78 Å². The van der Waals surface area contributed by atoms with E-state index in [1.54, 1.807) is 6.07 Å². The zero-order valence-corrected chi connectivity index (χ0v) is 9.91. The largest absolute Gasteiger partial charge is 0.454 e. The molecule has 0 radical (unpaired) electrons. The van der Waals surface area contributed by atoms with Crippen LogP contribution in [0.25, 0.3) is 0 Å². The quantitative estimate of drug-likeness (QED) is 0.903. The van der Waals surface area contributed by atoms with E-state index in [-0.39, 0.29) is 12.3 Å². The van der Waals surface area contributed by atoms with Crippen molar-refractivity contribution >= 4 is 0 Å². The molecule has 0 heterocycles. The Morgan fingerprint density at radius 3 is 2.61 bits per heavy atom. The average Bonchev–Trinajstić information content (AvgIpc) is 2.35. The number of hydrogen-bond acceptors (Lipinski definition) is 2. The van der Waals surface area contributed by atoms with Gasteiger partial charge in [-0.05, 0) is 30.7 Å². The molecule has 0 aromatic heterocycles. The van der Waals surface area contributed by atoms with Crippen LogP contribution in [-0.4, -0.2) is 0 Å². The first-order valence-electron chi connectivity index (χ1n) is 5.53. The number of ether oxygens (including phenoxy) is 1. The summed E-state index contributed by atoms with van der Waals surface area (Å²) in [6.07, 6.45) is 0. The minimum absolute atomic E-state index is 0.143. The maximum atomic E-state index is 13.5. The maximum Gasteiger partial charge on any atom is 0.201 e. The Morgan fingerprint density at radius 2 is 1.89 bits per heavy atom. The van der Waals surface area contributed by atoms with Crippen molar-refractivity contribution in [3.05, 3.63) is 59.2 Å². The first kappa shape index (κ1) is 12.5. The van der Waals surface area contributed by atoms with E-state index in [2.05, 4.69) is 0 Å². The van der Waals surface area contributed by atoms with Crippen LogP contribution in [0.4, 0.5) is 8.78 Å². The lowest BCUT2D eigenvalue weighted by molar-refractivity contribution is 0.413. The van der Waals surface area contributed by atoms with Gasteiger partial charge in [0.15, 0.2) is 11.6 Å². The second-order valence-corrected chi connectivity index (χ2v) is 3.97. The monoisotopic (exact) mass is 249 g/mol. The van der Waals surface area contributed by atoms with Gasteiger partial charge in [0.05, 0.1) is 0 Å². The molecule has 0 fully saturated rings. The minimum Gasteiger partial charge on any atom is -0.454 e. The summed E-state index contributed by atoms with van der Waals surface area (Å²) < 4.78 is 32.0. The molecule has 0 bridgehead atoms. The van der Waals surface area contributed by atoms with Crippen LogP contribution < -0.4 is 10.5 Å². The molecule has 2 N–H and O–H groups in total. The number of hydrogen-bond donors (Lipinski definition) is 1. The van der Waals surface area contributed by atoms with Gasteiger partial charge in [0.2, 0.25) is 5.82 Å². The molecular formula is C14H13F2NO. The van der Waals surface area contributed by atoms with Gasteiger partial charge in [0.25, 0.3) is 0 Å². The van der Waals surface area contributed by atoms with Gasteiger partial charge >= 0.3 is 0 Å².